The molecule has 0 saturated heterocycles. The highest BCUT2D eigenvalue weighted by atomic mass is 16.9. The van der Waals surface area contributed by atoms with E-state index in [0.717, 1.165) is 6.92 Å². The molecule has 180 valence electrons. The summed E-state index contributed by atoms with van der Waals surface area (Å²) in [4.78, 5) is 62.3. The number of carbonyl (C=O) groups excluding carboxylic acids is 5. The van der Waals surface area contributed by atoms with Crippen LogP contribution in [0.4, 0.5) is 0 Å². The molecule has 0 bridgehead atoms. The molecule has 0 aromatic heterocycles. The maximum Gasteiger partial charge on any atom is 0.507 e. The predicted octanol–water partition coefficient (Wildman–Crippen LogP) is 2.95. The third-order valence-electron chi connectivity index (χ3n) is 3.55. The number of hydrogen-bond donors (Lipinski definition) is 0. The number of ether oxygens (including phenoxy) is 5. The van der Waals surface area contributed by atoms with Gasteiger partial charge in [0.05, 0.1) is 0 Å². The Morgan fingerprint density at radius 1 is 0.455 bits per heavy atom. The molecule has 0 rings (SSSR count). The second kappa shape index (κ2) is 11.1. The lowest BCUT2D eigenvalue weighted by Gasteiger charge is -2.41. The van der Waals surface area contributed by atoms with Crippen LogP contribution in [0.1, 0.15) is 41.5 Å². The van der Waals surface area contributed by atoms with Crippen molar-refractivity contribution in [1.29, 1.82) is 0 Å². The Morgan fingerprint density at radius 2 is 0.636 bits per heavy atom. The van der Waals surface area contributed by atoms with Gasteiger partial charge in [-0.3, -0.25) is 0 Å². The lowest BCUT2D eigenvalue weighted by Crippen LogP contribution is -2.64. The fourth-order valence-corrected chi connectivity index (χ4v) is 1.64. The molecule has 0 fully saturated rings. The minimum atomic E-state index is -3.30. The number of esters is 5. The molecule has 10 heteroatoms. The second-order valence-electron chi connectivity index (χ2n) is 7.35. The zero-order valence-corrected chi connectivity index (χ0v) is 19.6. The summed E-state index contributed by atoms with van der Waals surface area (Å²) in [5.74, 6) is -12.3. The molecule has 0 amide bonds. The van der Waals surface area contributed by atoms with Crippen LogP contribution in [-0.2, 0) is 47.7 Å². The van der Waals surface area contributed by atoms with Gasteiger partial charge in [-0.05, 0) is 34.6 Å². The molecule has 33 heavy (non-hydrogen) atoms. The first kappa shape index (κ1) is 29.1. The lowest BCUT2D eigenvalue weighted by molar-refractivity contribution is -0.433. The van der Waals surface area contributed by atoms with E-state index in [-0.39, 0.29) is 27.9 Å². The molecule has 0 aromatic carbocycles. The lowest BCUT2D eigenvalue weighted by atomic mass is 10.2. The maximum atomic E-state index is 12.5. The van der Waals surface area contributed by atoms with Crippen LogP contribution in [0.2, 0.25) is 0 Å². The van der Waals surface area contributed by atoms with E-state index in [2.05, 4.69) is 32.9 Å². The van der Waals surface area contributed by atoms with E-state index in [1.54, 1.807) is 0 Å². The van der Waals surface area contributed by atoms with Gasteiger partial charge in [0.2, 0.25) is 0 Å². The fourth-order valence-electron chi connectivity index (χ4n) is 1.64. The maximum absolute atomic E-state index is 12.5. The molecular formula is C23H28O10. The predicted molar refractivity (Wildman–Crippen MR) is 116 cm³/mol. The summed E-state index contributed by atoms with van der Waals surface area (Å²) >= 11 is 0. The topological polar surface area (TPSA) is 132 Å². The van der Waals surface area contributed by atoms with Gasteiger partial charge in [0.25, 0.3) is 0 Å². The third kappa shape index (κ3) is 7.60. The van der Waals surface area contributed by atoms with Crippen LogP contribution >= 0.6 is 0 Å². The summed E-state index contributed by atoms with van der Waals surface area (Å²) in [5, 5.41) is 0. The summed E-state index contributed by atoms with van der Waals surface area (Å²) in [6.07, 6.45) is 0. The summed E-state index contributed by atoms with van der Waals surface area (Å²) < 4.78 is 25.8. The quantitative estimate of drug-likeness (QED) is 0.255. The van der Waals surface area contributed by atoms with Gasteiger partial charge in [0, 0.05) is 34.8 Å². The van der Waals surface area contributed by atoms with E-state index in [9.17, 15) is 24.0 Å². The Hall–Kier alpha value is -3.95. The van der Waals surface area contributed by atoms with Crippen molar-refractivity contribution in [3.63, 3.8) is 0 Å². The molecule has 0 saturated carbocycles. The van der Waals surface area contributed by atoms with Crippen molar-refractivity contribution in [2.24, 2.45) is 0 Å². The minimum Gasteiger partial charge on any atom is -0.408 e. The van der Waals surface area contributed by atoms with Gasteiger partial charge in [-0.1, -0.05) is 32.9 Å². The average molecular weight is 464 g/mol. The number of hydrogen-bond acceptors (Lipinski definition) is 10. The average Bonchev–Trinajstić information content (AvgIpc) is 2.66. The molecule has 0 aromatic rings. The van der Waals surface area contributed by atoms with Crippen LogP contribution in [0.5, 0.6) is 0 Å². The number of rotatable bonds is 11. The standard InChI is InChI=1S/C23H28O10/c1-12(2)17(24)29-22(11,30-18(25)13(3)4)23(31-19(26)14(5)6,32-20(27)15(7)8)33-21(28)16(9)10/h1,3,5,7,9H2,2,4,6,8,10-11H3. The fraction of sp³-hybridized carbons (Fsp3) is 0.348. The van der Waals surface area contributed by atoms with Crippen molar-refractivity contribution >= 4 is 29.8 Å². The molecule has 0 atom stereocenters. The summed E-state index contributed by atoms with van der Waals surface area (Å²) in [7, 11) is 0. The van der Waals surface area contributed by atoms with Gasteiger partial charge in [-0.25, -0.2) is 24.0 Å². The van der Waals surface area contributed by atoms with Crippen molar-refractivity contribution in [2.45, 2.75) is 53.3 Å². The van der Waals surface area contributed by atoms with E-state index in [0.29, 0.717) is 0 Å². The van der Waals surface area contributed by atoms with Gasteiger partial charge >= 0.3 is 41.6 Å². The molecule has 0 heterocycles. The van der Waals surface area contributed by atoms with Crippen LogP contribution in [-0.4, -0.2) is 41.6 Å². The van der Waals surface area contributed by atoms with Crippen molar-refractivity contribution in [3.05, 3.63) is 60.8 Å². The van der Waals surface area contributed by atoms with Gasteiger partial charge in [-0.2, -0.15) is 0 Å². The summed E-state index contributed by atoms with van der Waals surface area (Å²) in [6, 6.07) is 0. The largest absolute Gasteiger partial charge is 0.507 e. The van der Waals surface area contributed by atoms with Crippen molar-refractivity contribution in [2.75, 3.05) is 0 Å². The monoisotopic (exact) mass is 464 g/mol. The Balaban J connectivity index is 7.25. The summed E-state index contributed by atoms with van der Waals surface area (Å²) in [6.45, 7) is 24.0. The zero-order chi connectivity index (χ0) is 26.3. The highest BCUT2D eigenvalue weighted by Gasteiger charge is 2.67. The smallest absolute Gasteiger partial charge is 0.408 e. The Kier molecular flexibility index (Phi) is 9.75. The van der Waals surface area contributed by atoms with E-state index in [1.165, 1.54) is 34.6 Å². The SMILES string of the molecule is C=C(C)C(=O)OC(C)(OC(=O)C(=C)C)C(OC(=O)C(=C)C)(OC(=O)C(=C)C)OC(=O)C(=C)C. The molecule has 0 radical (unpaired) electrons. The van der Waals surface area contributed by atoms with Crippen molar-refractivity contribution < 1.29 is 47.7 Å². The first-order chi connectivity index (χ1) is 14.9. The third-order valence-corrected chi connectivity index (χ3v) is 3.55. The molecule has 0 aliphatic carbocycles. The minimum absolute atomic E-state index is 0.190. The Morgan fingerprint density at radius 3 is 0.818 bits per heavy atom. The van der Waals surface area contributed by atoms with Gasteiger partial charge < -0.3 is 23.7 Å². The van der Waals surface area contributed by atoms with Crippen LogP contribution in [0.15, 0.2) is 60.8 Å². The second-order valence-corrected chi connectivity index (χ2v) is 7.35. The molecule has 0 unspecified atom stereocenters. The van der Waals surface area contributed by atoms with E-state index in [4.69, 9.17) is 23.7 Å². The normalized spacial score (nSPS) is 10.7. The summed E-state index contributed by atoms with van der Waals surface area (Å²) in [5.41, 5.74) is -1.10. The van der Waals surface area contributed by atoms with Crippen molar-refractivity contribution in [1.82, 2.24) is 0 Å². The van der Waals surface area contributed by atoms with E-state index >= 15 is 0 Å². The number of carbonyl (C=O) groups is 5. The van der Waals surface area contributed by atoms with E-state index in [1.807, 2.05) is 0 Å². The zero-order valence-electron chi connectivity index (χ0n) is 19.6. The van der Waals surface area contributed by atoms with Gasteiger partial charge in [0.1, 0.15) is 0 Å². The van der Waals surface area contributed by atoms with Crippen LogP contribution in [0.25, 0.3) is 0 Å². The molecule has 0 spiro atoms. The molecule has 0 aliphatic heterocycles. The highest BCUT2D eigenvalue weighted by Crippen LogP contribution is 2.37. The molecule has 0 aliphatic rings. The molecule has 0 N–H and O–H groups in total. The molecular weight excluding hydrogens is 436 g/mol. The Bertz CT molecular complexity index is 853. The first-order valence-electron chi connectivity index (χ1n) is 9.33. The Labute approximate surface area is 192 Å². The molecule has 10 nitrogen and oxygen atoms in total. The van der Waals surface area contributed by atoms with Crippen molar-refractivity contribution in [3.8, 4) is 0 Å². The van der Waals surface area contributed by atoms with Gasteiger partial charge in [0.15, 0.2) is 0 Å². The van der Waals surface area contributed by atoms with Crippen LogP contribution in [0, 0.1) is 0 Å². The first-order valence-corrected chi connectivity index (χ1v) is 9.33. The van der Waals surface area contributed by atoms with Crippen LogP contribution < -0.4 is 0 Å². The van der Waals surface area contributed by atoms with Gasteiger partial charge in [-0.15, -0.1) is 0 Å². The highest BCUT2D eigenvalue weighted by molar-refractivity contribution is 5.92. The van der Waals surface area contributed by atoms with E-state index < -0.39 is 41.6 Å². The van der Waals surface area contributed by atoms with Crippen LogP contribution in [0.3, 0.4) is 0 Å².